The molecule has 0 spiro atoms. The van der Waals surface area contributed by atoms with Gasteiger partial charge in [0.05, 0.1) is 5.69 Å². The van der Waals surface area contributed by atoms with Crippen molar-refractivity contribution in [2.45, 2.75) is 45.6 Å². The molecule has 0 aliphatic heterocycles. The number of amides is 1. The summed E-state index contributed by atoms with van der Waals surface area (Å²) < 4.78 is 5.96. The number of benzene rings is 2. The maximum absolute atomic E-state index is 12.8. The van der Waals surface area contributed by atoms with E-state index in [1.807, 2.05) is 53.9 Å². The van der Waals surface area contributed by atoms with Gasteiger partial charge in [-0.1, -0.05) is 56.6 Å². The number of rotatable bonds is 5. The van der Waals surface area contributed by atoms with E-state index in [2.05, 4.69) is 31.1 Å². The van der Waals surface area contributed by atoms with Crippen LogP contribution in [-0.2, 0) is 10.2 Å². The highest BCUT2D eigenvalue weighted by atomic mass is 35.5. The zero-order chi connectivity index (χ0) is 21.2. The van der Waals surface area contributed by atoms with Crippen molar-refractivity contribution in [3.8, 4) is 17.0 Å². The lowest BCUT2D eigenvalue weighted by atomic mass is 9.87. The van der Waals surface area contributed by atoms with Gasteiger partial charge in [-0.2, -0.15) is 0 Å². The molecule has 0 fully saturated rings. The molecule has 0 atom stereocenters. The summed E-state index contributed by atoms with van der Waals surface area (Å²) in [7, 11) is 0. The number of carbonyl (C=O) groups is 1. The van der Waals surface area contributed by atoms with Crippen molar-refractivity contribution in [1.29, 1.82) is 0 Å². The predicted molar refractivity (Wildman–Crippen MR) is 121 cm³/mol. The normalized spacial score (nSPS) is 11.9. The van der Waals surface area contributed by atoms with Gasteiger partial charge in [-0.15, -0.1) is 11.3 Å². The smallest absolute Gasteiger partial charge is 0.269 e. The molecular weight excluding hydrogens is 404 g/mol. The maximum atomic E-state index is 12.8. The summed E-state index contributed by atoms with van der Waals surface area (Å²) in [6, 6.07) is 15.3. The molecule has 0 saturated carbocycles. The average Bonchev–Trinajstić information content (AvgIpc) is 3.10. The quantitative estimate of drug-likeness (QED) is 0.500. The number of hydrogen-bond acceptors (Lipinski definition) is 4. The molecule has 0 bridgehead atoms. The molecule has 0 aliphatic carbocycles. The Morgan fingerprint density at radius 3 is 2.21 bits per heavy atom. The summed E-state index contributed by atoms with van der Waals surface area (Å²) in [6.07, 6.45) is 0. The van der Waals surface area contributed by atoms with E-state index in [0.29, 0.717) is 15.9 Å². The fourth-order valence-corrected chi connectivity index (χ4v) is 3.54. The van der Waals surface area contributed by atoms with E-state index in [0.717, 1.165) is 11.3 Å². The SMILES string of the molecule is CC(C)(Oc1ccc(C(C)(C)C)cc1)C(=O)Nc1nc(-c2ccc(Cl)cc2)cs1. The molecule has 0 unspecified atom stereocenters. The van der Waals surface area contributed by atoms with Crippen LogP contribution in [-0.4, -0.2) is 16.5 Å². The molecule has 1 N–H and O–H groups in total. The molecule has 1 heterocycles. The monoisotopic (exact) mass is 428 g/mol. The van der Waals surface area contributed by atoms with Crippen LogP contribution in [0.4, 0.5) is 5.13 Å². The van der Waals surface area contributed by atoms with Gasteiger partial charge in [0.25, 0.3) is 5.91 Å². The Bertz CT molecular complexity index is 987. The summed E-state index contributed by atoms with van der Waals surface area (Å²) in [4.78, 5) is 17.3. The third-order valence-corrected chi connectivity index (χ3v) is 5.51. The number of carbonyl (C=O) groups excluding carboxylic acids is 1. The second-order valence-electron chi connectivity index (χ2n) is 8.39. The summed E-state index contributed by atoms with van der Waals surface area (Å²) in [6.45, 7) is 9.97. The number of anilines is 1. The lowest BCUT2D eigenvalue weighted by molar-refractivity contribution is -0.128. The molecule has 2 aromatic carbocycles. The van der Waals surface area contributed by atoms with Gasteiger partial charge in [-0.3, -0.25) is 10.1 Å². The van der Waals surface area contributed by atoms with Crippen LogP contribution in [0.1, 0.15) is 40.2 Å². The van der Waals surface area contributed by atoms with Gasteiger partial charge in [0.1, 0.15) is 5.75 Å². The number of thiazole rings is 1. The minimum absolute atomic E-state index is 0.0675. The van der Waals surface area contributed by atoms with Gasteiger partial charge in [-0.25, -0.2) is 4.98 Å². The lowest BCUT2D eigenvalue weighted by Gasteiger charge is -2.25. The maximum Gasteiger partial charge on any atom is 0.269 e. The molecular formula is C23H25ClN2O2S. The van der Waals surface area contributed by atoms with Crippen molar-refractivity contribution in [2.75, 3.05) is 5.32 Å². The zero-order valence-corrected chi connectivity index (χ0v) is 18.8. The zero-order valence-electron chi connectivity index (χ0n) is 17.2. The molecule has 3 rings (SSSR count). The van der Waals surface area contributed by atoms with Gasteiger partial charge in [-0.05, 0) is 49.1 Å². The van der Waals surface area contributed by atoms with Gasteiger partial charge in [0, 0.05) is 16.0 Å². The Hall–Kier alpha value is -2.37. The average molecular weight is 429 g/mol. The van der Waals surface area contributed by atoms with E-state index in [4.69, 9.17) is 16.3 Å². The third-order valence-electron chi connectivity index (χ3n) is 4.50. The summed E-state index contributed by atoms with van der Waals surface area (Å²) in [5, 5.41) is 5.96. The van der Waals surface area contributed by atoms with Crippen LogP contribution < -0.4 is 10.1 Å². The first-order valence-electron chi connectivity index (χ1n) is 9.37. The number of nitrogens with one attached hydrogen (secondary N) is 1. The second kappa shape index (κ2) is 8.17. The number of ether oxygens (including phenoxy) is 1. The van der Waals surface area contributed by atoms with Crippen molar-refractivity contribution in [1.82, 2.24) is 4.98 Å². The van der Waals surface area contributed by atoms with Gasteiger partial charge >= 0.3 is 0 Å². The third kappa shape index (κ3) is 5.37. The fraction of sp³-hybridized carbons (Fsp3) is 0.304. The van der Waals surface area contributed by atoms with E-state index in [1.54, 1.807) is 13.8 Å². The van der Waals surface area contributed by atoms with Crippen LogP contribution >= 0.6 is 22.9 Å². The Kier molecular flexibility index (Phi) is 6.01. The Morgan fingerprint density at radius 2 is 1.62 bits per heavy atom. The minimum atomic E-state index is -1.05. The van der Waals surface area contributed by atoms with E-state index in [1.165, 1.54) is 16.9 Å². The molecule has 29 heavy (non-hydrogen) atoms. The molecule has 0 saturated heterocycles. The molecule has 1 aromatic heterocycles. The number of hydrogen-bond donors (Lipinski definition) is 1. The van der Waals surface area contributed by atoms with Crippen LogP contribution in [0.5, 0.6) is 5.75 Å². The van der Waals surface area contributed by atoms with Crippen molar-refractivity contribution in [2.24, 2.45) is 0 Å². The van der Waals surface area contributed by atoms with Crippen molar-refractivity contribution in [3.05, 3.63) is 64.5 Å². The number of aromatic nitrogens is 1. The Labute approximate surface area is 180 Å². The molecule has 6 heteroatoms. The van der Waals surface area contributed by atoms with Crippen LogP contribution in [0.2, 0.25) is 5.02 Å². The summed E-state index contributed by atoms with van der Waals surface area (Å²) in [5.41, 5.74) is 1.97. The highest BCUT2D eigenvalue weighted by Gasteiger charge is 2.31. The highest BCUT2D eigenvalue weighted by molar-refractivity contribution is 7.14. The molecule has 1 amide bonds. The molecule has 3 aromatic rings. The number of halogens is 1. The Morgan fingerprint density at radius 1 is 1.00 bits per heavy atom. The highest BCUT2D eigenvalue weighted by Crippen LogP contribution is 2.28. The fourth-order valence-electron chi connectivity index (χ4n) is 2.70. The van der Waals surface area contributed by atoms with E-state index in [-0.39, 0.29) is 11.3 Å². The van der Waals surface area contributed by atoms with E-state index in [9.17, 15) is 4.79 Å². The minimum Gasteiger partial charge on any atom is -0.478 e. The standard InChI is InChI=1S/C23H25ClN2O2S/c1-22(2,3)16-8-12-18(13-9-16)28-23(4,5)20(27)26-21-25-19(14-29-21)15-6-10-17(24)11-7-15/h6-14H,1-5H3,(H,25,26,27). The molecule has 0 radical (unpaired) electrons. The first kappa shape index (κ1) is 21.3. The first-order chi connectivity index (χ1) is 13.5. The largest absolute Gasteiger partial charge is 0.478 e. The van der Waals surface area contributed by atoms with Crippen LogP contribution in [0, 0.1) is 0 Å². The summed E-state index contributed by atoms with van der Waals surface area (Å²) >= 11 is 7.30. The van der Waals surface area contributed by atoms with Crippen molar-refractivity contribution < 1.29 is 9.53 Å². The Balaban J connectivity index is 1.67. The molecule has 152 valence electrons. The van der Waals surface area contributed by atoms with Crippen molar-refractivity contribution >= 4 is 34.0 Å². The van der Waals surface area contributed by atoms with Gasteiger partial charge in [0.2, 0.25) is 0 Å². The van der Waals surface area contributed by atoms with Crippen molar-refractivity contribution in [3.63, 3.8) is 0 Å². The first-order valence-corrected chi connectivity index (χ1v) is 10.6. The molecule has 0 aliphatic rings. The van der Waals surface area contributed by atoms with E-state index < -0.39 is 5.60 Å². The predicted octanol–water partition coefficient (Wildman–Crippen LogP) is 6.56. The molecule has 4 nitrogen and oxygen atoms in total. The lowest BCUT2D eigenvalue weighted by Crippen LogP contribution is -2.42. The van der Waals surface area contributed by atoms with Crippen LogP contribution in [0.15, 0.2) is 53.9 Å². The number of nitrogens with zero attached hydrogens (tertiary/aromatic N) is 1. The van der Waals surface area contributed by atoms with Gasteiger partial charge < -0.3 is 4.74 Å². The van der Waals surface area contributed by atoms with Gasteiger partial charge in [0.15, 0.2) is 10.7 Å². The van der Waals surface area contributed by atoms with Crippen LogP contribution in [0.3, 0.4) is 0 Å². The topological polar surface area (TPSA) is 51.2 Å². The summed E-state index contributed by atoms with van der Waals surface area (Å²) in [5.74, 6) is 0.397. The van der Waals surface area contributed by atoms with Crippen LogP contribution in [0.25, 0.3) is 11.3 Å². The second-order valence-corrected chi connectivity index (χ2v) is 9.68. The van der Waals surface area contributed by atoms with E-state index >= 15 is 0 Å².